The Morgan fingerprint density at radius 3 is 2.47 bits per heavy atom. The molecule has 0 spiro atoms. The van der Waals surface area contributed by atoms with E-state index in [1.54, 1.807) is 40.0 Å². The Labute approximate surface area is 183 Å². The fourth-order valence-electron chi connectivity index (χ4n) is 3.51. The Morgan fingerprint density at radius 2 is 1.88 bits per heavy atom. The number of aryl methyl sites for hydroxylation is 3. The van der Waals surface area contributed by atoms with Crippen LogP contribution in [0.15, 0.2) is 36.4 Å². The number of carbonyl (C=O) groups excluding carboxylic acids is 1. The SMILES string of the molecule is Cc1cc(C(=O)N(C)Cc2nc(-c3cccc([N+](=O)[O-])c3)c(C)[nH]2)cc(C)c1OC(F)F. The number of amides is 1. The minimum atomic E-state index is -2.95. The second-order valence-electron chi connectivity index (χ2n) is 7.44. The highest BCUT2D eigenvalue weighted by atomic mass is 19.3. The van der Waals surface area contributed by atoms with Gasteiger partial charge in [0.1, 0.15) is 11.6 Å². The number of hydrogen-bond donors (Lipinski definition) is 1. The molecule has 0 aliphatic rings. The molecule has 0 unspecified atom stereocenters. The van der Waals surface area contributed by atoms with Crippen LogP contribution in [-0.2, 0) is 6.54 Å². The van der Waals surface area contributed by atoms with Crippen molar-refractivity contribution in [1.29, 1.82) is 0 Å². The highest BCUT2D eigenvalue weighted by Gasteiger charge is 2.19. The van der Waals surface area contributed by atoms with Gasteiger partial charge in [0.25, 0.3) is 11.6 Å². The van der Waals surface area contributed by atoms with E-state index < -0.39 is 11.5 Å². The van der Waals surface area contributed by atoms with Crippen LogP contribution in [0, 0.1) is 30.9 Å². The summed E-state index contributed by atoms with van der Waals surface area (Å²) in [6, 6.07) is 9.17. The summed E-state index contributed by atoms with van der Waals surface area (Å²) in [6.45, 7) is 2.20. The number of carbonyl (C=O) groups is 1. The molecule has 8 nitrogen and oxygen atoms in total. The lowest BCUT2D eigenvalue weighted by Gasteiger charge is -2.18. The van der Waals surface area contributed by atoms with Gasteiger partial charge in [0.15, 0.2) is 0 Å². The third-order valence-corrected chi connectivity index (χ3v) is 4.91. The molecular weight excluding hydrogens is 422 g/mol. The number of nitrogens with one attached hydrogen (secondary N) is 1. The summed E-state index contributed by atoms with van der Waals surface area (Å²) in [5, 5.41) is 11.0. The molecule has 168 valence electrons. The van der Waals surface area contributed by atoms with Crippen LogP contribution in [0.4, 0.5) is 14.5 Å². The van der Waals surface area contributed by atoms with Gasteiger partial charge < -0.3 is 14.6 Å². The van der Waals surface area contributed by atoms with E-state index in [-0.39, 0.29) is 23.9 Å². The molecule has 1 aromatic heterocycles. The van der Waals surface area contributed by atoms with E-state index >= 15 is 0 Å². The summed E-state index contributed by atoms with van der Waals surface area (Å²) in [6.07, 6.45) is 0. The molecule has 0 saturated heterocycles. The second kappa shape index (κ2) is 9.13. The van der Waals surface area contributed by atoms with E-state index in [1.165, 1.54) is 29.2 Å². The number of aromatic amines is 1. The monoisotopic (exact) mass is 444 g/mol. The van der Waals surface area contributed by atoms with Gasteiger partial charge in [-0.15, -0.1) is 0 Å². The number of imidazole rings is 1. The van der Waals surface area contributed by atoms with Crippen molar-refractivity contribution < 1.29 is 23.2 Å². The predicted octanol–water partition coefficient (Wildman–Crippen LogP) is 4.78. The molecule has 0 fully saturated rings. The number of ether oxygens (including phenoxy) is 1. The van der Waals surface area contributed by atoms with E-state index in [1.807, 2.05) is 0 Å². The normalized spacial score (nSPS) is 11.0. The molecule has 0 bridgehead atoms. The van der Waals surface area contributed by atoms with Crippen LogP contribution in [0.1, 0.15) is 33.0 Å². The van der Waals surface area contributed by atoms with Crippen LogP contribution in [0.5, 0.6) is 5.75 Å². The van der Waals surface area contributed by atoms with Gasteiger partial charge in [0.05, 0.1) is 17.2 Å². The molecule has 1 amide bonds. The number of rotatable bonds is 7. The van der Waals surface area contributed by atoms with Gasteiger partial charge >= 0.3 is 6.61 Å². The standard InChI is InChI=1S/C22H22F2N4O4/c1-12-8-16(9-13(2)20(12)32-22(23)24)21(29)27(4)11-18-25-14(3)19(26-18)15-6-5-7-17(10-15)28(30)31/h5-10,22H,11H2,1-4H3,(H,25,26). The van der Waals surface area contributed by atoms with Crippen molar-refractivity contribution in [2.24, 2.45) is 0 Å². The van der Waals surface area contributed by atoms with Gasteiger partial charge in [-0.05, 0) is 44.0 Å². The van der Waals surface area contributed by atoms with Crippen molar-refractivity contribution in [3.63, 3.8) is 0 Å². The quantitative estimate of drug-likeness (QED) is 0.417. The average Bonchev–Trinajstić information content (AvgIpc) is 3.09. The van der Waals surface area contributed by atoms with Crippen LogP contribution in [0.2, 0.25) is 0 Å². The molecule has 0 saturated carbocycles. The summed E-state index contributed by atoms with van der Waals surface area (Å²) in [4.78, 5) is 32.5. The third-order valence-electron chi connectivity index (χ3n) is 4.91. The maximum Gasteiger partial charge on any atom is 0.387 e. The topological polar surface area (TPSA) is 101 Å². The zero-order chi connectivity index (χ0) is 23.6. The molecule has 1 N–H and O–H groups in total. The Morgan fingerprint density at radius 1 is 1.22 bits per heavy atom. The van der Waals surface area contributed by atoms with E-state index in [0.717, 1.165) is 0 Å². The van der Waals surface area contributed by atoms with Crippen molar-refractivity contribution in [3.05, 3.63) is 74.7 Å². The zero-order valence-electron chi connectivity index (χ0n) is 18.0. The Balaban J connectivity index is 1.80. The second-order valence-corrected chi connectivity index (χ2v) is 7.44. The lowest BCUT2D eigenvalue weighted by atomic mass is 10.0. The highest BCUT2D eigenvalue weighted by Crippen LogP contribution is 2.28. The number of nitro groups is 1. The zero-order valence-corrected chi connectivity index (χ0v) is 18.0. The molecular formula is C22H22F2N4O4. The maximum absolute atomic E-state index is 12.9. The molecule has 32 heavy (non-hydrogen) atoms. The average molecular weight is 444 g/mol. The van der Waals surface area contributed by atoms with Crippen molar-refractivity contribution >= 4 is 11.6 Å². The number of non-ortho nitro benzene ring substituents is 1. The fourth-order valence-corrected chi connectivity index (χ4v) is 3.51. The molecule has 0 atom stereocenters. The molecule has 1 heterocycles. The number of H-pyrrole nitrogens is 1. The first-order chi connectivity index (χ1) is 15.1. The van der Waals surface area contributed by atoms with E-state index in [2.05, 4.69) is 14.7 Å². The number of hydrogen-bond acceptors (Lipinski definition) is 5. The van der Waals surface area contributed by atoms with Crippen LogP contribution in [-0.4, -0.2) is 39.4 Å². The molecule has 2 aromatic carbocycles. The van der Waals surface area contributed by atoms with Crippen molar-refractivity contribution in [3.8, 4) is 17.0 Å². The summed E-state index contributed by atoms with van der Waals surface area (Å²) < 4.78 is 29.7. The smallest absolute Gasteiger partial charge is 0.387 e. The summed E-state index contributed by atoms with van der Waals surface area (Å²) >= 11 is 0. The lowest BCUT2D eigenvalue weighted by Crippen LogP contribution is -2.27. The van der Waals surface area contributed by atoms with Gasteiger partial charge in [-0.1, -0.05) is 12.1 Å². The molecule has 0 aliphatic heterocycles. The molecule has 10 heteroatoms. The Hall–Kier alpha value is -3.82. The van der Waals surface area contributed by atoms with Crippen LogP contribution < -0.4 is 4.74 Å². The molecule has 3 aromatic rings. The number of nitrogens with zero attached hydrogens (tertiary/aromatic N) is 3. The predicted molar refractivity (Wildman–Crippen MR) is 114 cm³/mol. The van der Waals surface area contributed by atoms with Crippen LogP contribution in [0.3, 0.4) is 0 Å². The largest absolute Gasteiger partial charge is 0.434 e. The first-order valence-corrected chi connectivity index (χ1v) is 9.68. The summed E-state index contributed by atoms with van der Waals surface area (Å²) in [5.41, 5.74) is 3.03. The highest BCUT2D eigenvalue weighted by molar-refractivity contribution is 5.94. The van der Waals surface area contributed by atoms with E-state index in [9.17, 15) is 23.7 Å². The van der Waals surface area contributed by atoms with Gasteiger partial charge in [0.2, 0.25) is 0 Å². The van der Waals surface area contributed by atoms with E-state index in [4.69, 9.17) is 0 Å². The van der Waals surface area contributed by atoms with Gasteiger partial charge in [-0.2, -0.15) is 8.78 Å². The summed E-state index contributed by atoms with van der Waals surface area (Å²) in [7, 11) is 1.60. The number of alkyl halides is 2. The Kier molecular flexibility index (Phi) is 6.52. The molecule has 0 aliphatic carbocycles. The molecule has 3 rings (SSSR count). The minimum Gasteiger partial charge on any atom is -0.434 e. The number of nitro benzene ring substituents is 1. The fraction of sp³-hybridized carbons (Fsp3) is 0.273. The summed E-state index contributed by atoms with van der Waals surface area (Å²) in [5.74, 6) is 0.249. The van der Waals surface area contributed by atoms with Gasteiger partial charge in [0, 0.05) is 36.0 Å². The molecule has 0 radical (unpaired) electrons. The van der Waals surface area contributed by atoms with E-state index in [0.29, 0.717) is 39.5 Å². The van der Waals surface area contributed by atoms with Gasteiger partial charge in [-0.25, -0.2) is 4.98 Å². The van der Waals surface area contributed by atoms with Gasteiger partial charge in [-0.3, -0.25) is 14.9 Å². The van der Waals surface area contributed by atoms with Crippen molar-refractivity contribution in [1.82, 2.24) is 14.9 Å². The van der Waals surface area contributed by atoms with Crippen molar-refractivity contribution in [2.45, 2.75) is 33.9 Å². The number of aromatic nitrogens is 2. The van der Waals surface area contributed by atoms with Crippen LogP contribution in [0.25, 0.3) is 11.3 Å². The first kappa shape index (κ1) is 22.9. The maximum atomic E-state index is 12.9. The lowest BCUT2D eigenvalue weighted by molar-refractivity contribution is -0.384. The number of halogens is 2. The first-order valence-electron chi connectivity index (χ1n) is 9.68. The minimum absolute atomic E-state index is 0.0382. The Bertz CT molecular complexity index is 1150. The van der Waals surface area contributed by atoms with Crippen LogP contribution >= 0.6 is 0 Å². The third kappa shape index (κ3) is 4.90. The number of benzene rings is 2. The van der Waals surface area contributed by atoms with Crippen molar-refractivity contribution in [2.75, 3.05) is 7.05 Å².